The summed E-state index contributed by atoms with van der Waals surface area (Å²) >= 11 is 8.77. The summed E-state index contributed by atoms with van der Waals surface area (Å²) in [6.45, 7) is 1.61. The first-order valence-electron chi connectivity index (χ1n) is 6.44. The number of hydrogen-bond acceptors (Lipinski definition) is 3. The summed E-state index contributed by atoms with van der Waals surface area (Å²) in [5.41, 5.74) is 2.36. The molecule has 0 unspecified atom stereocenters. The molecule has 0 bridgehead atoms. The van der Waals surface area contributed by atoms with Crippen molar-refractivity contribution in [1.82, 2.24) is 9.78 Å². The molecule has 3 nitrogen and oxygen atoms in total. The van der Waals surface area contributed by atoms with E-state index in [9.17, 15) is 0 Å². The minimum atomic E-state index is 0.790. The summed E-state index contributed by atoms with van der Waals surface area (Å²) in [6, 6.07) is 12.5. The van der Waals surface area contributed by atoms with Gasteiger partial charge in [0.05, 0.1) is 10.3 Å². The lowest BCUT2D eigenvalue weighted by atomic mass is 10.2. The number of nitrogens with one attached hydrogen (secondary N) is 1. The Morgan fingerprint density at radius 1 is 1.19 bits per heavy atom. The maximum atomic E-state index is 4.23. The predicted molar refractivity (Wildman–Crippen MR) is 94.8 cm³/mol. The zero-order valence-electron chi connectivity index (χ0n) is 11.1. The van der Waals surface area contributed by atoms with E-state index in [0.29, 0.717) is 0 Å². The fourth-order valence-corrected chi connectivity index (χ4v) is 4.14. The second-order valence-electron chi connectivity index (χ2n) is 4.59. The zero-order valence-corrected chi connectivity index (χ0v) is 15.1. The van der Waals surface area contributed by atoms with Crippen LogP contribution in [-0.2, 0) is 13.1 Å². The lowest BCUT2D eigenvalue weighted by molar-refractivity contribution is 0.687. The molecule has 0 aliphatic carbocycles. The van der Waals surface area contributed by atoms with E-state index in [1.54, 1.807) is 17.5 Å². The molecule has 2 heterocycles. The van der Waals surface area contributed by atoms with E-state index in [1.807, 2.05) is 16.9 Å². The maximum absolute atomic E-state index is 4.23. The number of rotatable bonds is 5. The lowest BCUT2D eigenvalue weighted by Gasteiger charge is -2.08. The van der Waals surface area contributed by atoms with Gasteiger partial charge in [-0.2, -0.15) is 5.10 Å². The first kappa shape index (κ1) is 14.8. The molecule has 108 valence electrons. The first-order chi connectivity index (χ1) is 10.2. The van der Waals surface area contributed by atoms with Crippen molar-refractivity contribution in [1.29, 1.82) is 0 Å². The van der Waals surface area contributed by atoms with E-state index in [0.717, 1.165) is 27.0 Å². The van der Waals surface area contributed by atoms with Gasteiger partial charge in [-0.3, -0.25) is 4.68 Å². The molecule has 0 aliphatic rings. The Labute approximate surface area is 144 Å². The average Bonchev–Trinajstić information content (AvgIpc) is 3.08. The van der Waals surface area contributed by atoms with Crippen LogP contribution in [0.5, 0.6) is 0 Å². The number of aromatic nitrogens is 2. The van der Waals surface area contributed by atoms with Crippen LogP contribution in [0, 0.1) is 0 Å². The molecule has 1 N–H and O–H groups in total. The van der Waals surface area contributed by atoms with Gasteiger partial charge in [0, 0.05) is 34.0 Å². The van der Waals surface area contributed by atoms with Gasteiger partial charge in [0.1, 0.15) is 0 Å². The van der Waals surface area contributed by atoms with Crippen LogP contribution in [-0.4, -0.2) is 9.78 Å². The highest BCUT2D eigenvalue weighted by Crippen LogP contribution is 2.32. The van der Waals surface area contributed by atoms with E-state index < -0.39 is 0 Å². The molecular weight excluding hydrogens is 414 g/mol. The smallest absolute Gasteiger partial charge is 0.0843 e. The highest BCUT2D eigenvalue weighted by Gasteiger charge is 2.04. The number of thiophene rings is 1. The molecule has 3 rings (SSSR count). The van der Waals surface area contributed by atoms with Gasteiger partial charge in [0.2, 0.25) is 0 Å². The third-order valence-corrected chi connectivity index (χ3v) is 6.25. The van der Waals surface area contributed by atoms with Crippen molar-refractivity contribution in [2.24, 2.45) is 0 Å². The van der Waals surface area contributed by atoms with E-state index in [1.165, 1.54) is 10.4 Å². The molecule has 1 aromatic carbocycles. The van der Waals surface area contributed by atoms with Crippen molar-refractivity contribution in [2.45, 2.75) is 13.1 Å². The summed E-state index contributed by atoms with van der Waals surface area (Å²) in [6.07, 6.45) is 3.77. The van der Waals surface area contributed by atoms with Gasteiger partial charge in [0.25, 0.3) is 0 Å². The zero-order chi connectivity index (χ0) is 14.7. The SMILES string of the molecule is Brc1cc(CNc2cccc(Cn3cccn3)c2)sc1Br. The summed E-state index contributed by atoms with van der Waals surface area (Å²) < 4.78 is 4.16. The third-order valence-electron chi connectivity index (χ3n) is 2.99. The Morgan fingerprint density at radius 3 is 2.81 bits per heavy atom. The molecule has 3 aromatic rings. The van der Waals surface area contributed by atoms with Crippen molar-refractivity contribution in [3.63, 3.8) is 0 Å². The number of halogens is 2. The molecule has 21 heavy (non-hydrogen) atoms. The van der Waals surface area contributed by atoms with Crippen LogP contribution >= 0.6 is 43.2 Å². The molecule has 0 aliphatic heterocycles. The highest BCUT2D eigenvalue weighted by molar-refractivity contribution is 9.13. The molecule has 2 aromatic heterocycles. The Hall–Kier alpha value is -1.11. The standard InChI is InChI=1S/C15H13Br2N3S/c16-14-8-13(21-15(14)17)9-18-12-4-1-3-11(7-12)10-20-6-2-5-19-20/h1-8,18H,9-10H2. The quantitative estimate of drug-likeness (QED) is 0.612. The van der Waals surface area contributed by atoms with Crippen molar-refractivity contribution in [3.8, 4) is 0 Å². The Morgan fingerprint density at radius 2 is 2.10 bits per heavy atom. The molecule has 0 atom stereocenters. The molecule has 0 fully saturated rings. The van der Waals surface area contributed by atoms with Crippen LogP contribution in [0.2, 0.25) is 0 Å². The van der Waals surface area contributed by atoms with E-state index in [4.69, 9.17) is 0 Å². The van der Waals surface area contributed by atoms with Crippen LogP contribution in [0.25, 0.3) is 0 Å². The third kappa shape index (κ3) is 3.96. The van der Waals surface area contributed by atoms with Crippen molar-refractivity contribution in [2.75, 3.05) is 5.32 Å². The number of anilines is 1. The molecular formula is C15H13Br2N3S. The molecule has 0 saturated heterocycles. The van der Waals surface area contributed by atoms with Gasteiger partial charge in [-0.15, -0.1) is 11.3 Å². The molecule has 0 saturated carbocycles. The monoisotopic (exact) mass is 425 g/mol. The summed E-state index contributed by atoms with van der Waals surface area (Å²) in [5.74, 6) is 0. The molecule has 6 heteroatoms. The number of hydrogen-bond donors (Lipinski definition) is 1. The van der Waals surface area contributed by atoms with Crippen LogP contribution < -0.4 is 5.32 Å². The van der Waals surface area contributed by atoms with Crippen LogP contribution in [0.1, 0.15) is 10.4 Å². The second kappa shape index (κ2) is 6.77. The Kier molecular flexibility index (Phi) is 4.77. The Bertz CT molecular complexity index is 703. The van der Waals surface area contributed by atoms with Crippen molar-refractivity contribution >= 4 is 48.9 Å². The normalized spacial score (nSPS) is 10.8. The molecule has 0 radical (unpaired) electrons. The lowest BCUT2D eigenvalue weighted by Crippen LogP contribution is -2.02. The topological polar surface area (TPSA) is 29.9 Å². The number of benzene rings is 1. The molecule has 0 amide bonds. The van der Waals surface area contributed by atoms with Gasteiger partial charge in [-0.1, -0.05) is 12.1 Å². The van der Waals surface area contributed by atoms with Crippen molar-refractivity contribution in [3.05, 3.63) is 67.5 Å². The summed E-state index contributed by atoms with van der Waals surface area (Å²) in [7, 11) is 0. The molecule has 0 spiro atoms. The number of nitrogens with zero attached hydrogens (tertiary/aromatic N) is 2. The van der Waals surface area contributed by atoms with Gasteiger partial charge in [-0.25, -0.2) is 0 Å². The van der Waals surface area contributed by atoms with Crippen molar-refractivity contribution < 1.29 is 0 Å². The van der Waals surface area contributed by atoms with Crippen LogP contribution in [0.15, 0.2) is 57.1 Å². The van der Waals surface area contributed by atoms with E-state index >= 15 is 0 Å². The van der Waals surface area contributed by atoms with Gasteiger partial charge < -0.3 is 5.32 Å². The van der Waals surface area contributed by atoms with E-state index in [-0.39, 0.29) is 0 Å². The predicted octanol–water partition coefficient (Wildman–Crippen LogP) is 5.13. The van der Waals surface area contributed by atoms with Gasteiger partial charge in [0.15, 0.2) is 0 Å². The largest absolute Gasteiger partial charge is 0.380 e. The highest BCUT2D eigenvalue weighted by atomic mass is 79.9. The first-order valence-corrected chi connectivity index (χ1v) is 8.85. The van der Waals surface area contributed by atoms with E-state index in [2.05, 4.69) is 72.6 Å². The van der Waals surface area contributed by atoms with Crippen LogP contribution in [0.4, 0.5) is 5.69 Å². The van der Waals surface area contributed by atoms with Gasteiger partial charge >= 0.3 is 0 Å². The summed E-state index contributed by atoms with van der Waals surface area (Å²) in [4.78, 5) is 1.28. The minimum absolute atomic E-state index is 0.790. The Balaban J connectivity index is 1.65. The maximum Gasteiger partial charge on any atom is 0.0843 e. The minimum Gasteiger partial charge on any atom is -0.380 e. The fourth-order valence-electron chi connectivity index (χ4n) is 2.03. The second-order valence-corrected chi connectivity index (χ2v) is 7.90. The fraction of sp³-hybridized carbons (Fsp3) is 0.133. The summed E-state index contributed by atoms with van der Waals surface area (Å²) in [5, 5.41) is 7.70. The van der Waals surface area contributed by atoms with Gasteiger partial charge in [-0.05, 0) is 61.7 Å². The van der Waals surface area contributed by atoms with Crippen LogP contribution in [0.3, 0.4) is 0 Å². The average molecular weight is 427 g/mol.